The topological polar surface area (TPSA) is 0 Å². The third-order valence-corrected chi connectivity index (χ3v) is 13.5. The van der Waals surface area contributed by atoms with E-state index < -0.39 is 5.41 Å². The molecule has 2 heterocycles. The molecule has 1 aromatic heterocycles. The van der Waals surface area contributed by atoms with Crippen LogP contribution >= 0.6 is 23.1 Å². The number of benzene rings is 7. The molecule has 10 rings (SSSR count). The van der Waals surface area contributed by atoms with Crippen molar-refractivity contribution in [3.05, 3.63) is 203 Å². The maximum absolute atomic E-state index is 2.50. The van der Waals surface area contributed by atoms with E-state index in [1.165, 1.54) is 86.0 Å². The van der Waals surface area contributed by atoms with Gasteiger partial charge in [-0.05, 0) is 68.3 Å². The van der Waals surface area contributed by atoms with Gasteiger partial charge in [-0.25, -0.2) is 0 Å². The molecule has 2 aliphatic rings. The van der Waals surface area contributed by atoms with E-state index in [1.54, 1.807) is 0 Å². The van der Waals surface area contributed by atoms with Gasteiger partial charge in [0.1, 0.15) is 0 Å². The van der Waals surface area contributed by atoms with Crippen LogP contribution in [0.25, 0.3) is 42.8 Å². The minimum atomic E-state index is -0.441. The molecule has 0 nitrogen and oxygen atoms in total. The second-order valence-corrected chi connectivity index (χ2v) is 16.1. The molecule has 0 fully saturated rings. The number of hydrogen-bond acceptors (Lipinski definition) is 2. The van der Waals surface area contributed by atoms with Gasteiger partial charge in [0.05, 0.1) is 5.41 Å². The summed E-state index contributed by atoms with van der Waals surface area (Å²) in [6.45, 7) is 4.83. The first kappa shape index (κ1) is 29.7. The highest BCUT2D eigenvalue weighted by Crippen LogP contribution is 2.62. The maximum Gasteiger partial charge on any atom is 0.0723 e. The molecular formula is C48H34S2. The molecule has 2 heteroatoms. The molecule has 7 aromatic carbocycles. The lowest BCUT2D eigenvalue weighted by Gasteiger charge is -2.42. The van der Waals surface area contributed by atoms with Crippen LogP contribution in [0.5, 0.6) is 0 Å². The smallest absolute Gasteiger partial charge is 0.0723 e. The van der Waals surface area contributed by atoms with Gasteiger partial charge in [0.2, 0.25) is 0 Å². The molecule has 0 N–H and O–H groups in total. The fourth-order valence-electron chi connectivity index (χ4n) is 8.76. The van der Waals surface area contributed by atoms with Crippen LogP contribution in [0.15, 0.2) is 180 Å². The Morgan fingerprint density at radius 2 is 1.08 bits per heavy atom. The molecule has 0 radical (unpaired) electrons. The van der Waals surface area contributed by atoms with E-state index in [0.717, 1.165) is 0 Å². The molecule has 8 aromatic rings. The number of hydrogen-bond donors (Lipinski definition) is 0. The van der Waals surface area contributed by atoms with E-state index in [2.05, 4.69) is 184 Å². The van der Waals surface area contributed by atoms with Crippen LogP contribution < -0.4 is 0 Å². The molecule has 0 spiro atoms. The van der Waals surface area contributed by atoms with Gasteiger partial charge in [0, 0.05) is 41.3 Å². The Balaban J connectivity index is 1.23. The predicted molar refractivity (Wildman–Crippen MR) is 213 cm³/mol. The van der Waals surface area contributed by atoms with Crippen molar-refractivity contribution in [2.75, 3.05) is 0 Å². The summed E-state index contributed by atoms with van der Waals surface area (Å²) in [7, 11) is 0. The van der Waals surface area contributed by atoms with Crippen LogP contribution in [0.2, 0.25) is 0 Å². The summed E-state index contributed by atoms with van der Waals surface area (Å²) in [4.78, 5) is 4.03. The van der Waals surface area contributed by atoms with E-state index in [0.29, 0.717) is 0 Å². The molecule has 1 aliphatic carbocycles. The highest BCUT2D eigenvalue weighted by Gasteiger charge is 2.47. The Labute approximate surface area is 302 Å². The van der Waals surface area contributed by atoms with Crippen molar-refractivity contribution in [1.29, 1.82) is 0 Å². The summed E-state index contributed by atoms with van der Waals surface area (Å²) in [5.41, 5.74) is 14.2. The predicted octanol–water partition coefficient (Wildman–Crippen LogP) is 13.4. The molecule has 0 saturated carbocycles. The first-order chi connectivity index (χ1) is 24.6. The SMILES string of the molecule is CC1(C)c2cc(-c3sc4ccccc4c3-c3ccccc3)ccc2-c2c1ccc1c2Sc2ccccc2C1(c1ccccc1)c1ccccc1. The lowest BCUT2D eigenvalue weighted by atomic mass is 9.64. The zero-order valence-corrected chi connectivity index (χ0v) is 29.6. The molecule has 1 aliphatic heterocycles. The van der Waals surface area contributed by atoms with E-state index in [-0.39, 0.29) is 5.41 Å². The summed E-state index contributed by atoms with van der Waals surface area (Å²) in [5, 5.41) is 1.32. The first-order valence-corrected chi connectivity index (χ1v) is 19.0. The van der Waals surface area contributed by atoms with Crippen molar-refractivity contribution < 1.29 is 0 Å². The minimum absolute atomic E-state index is 0.154. The molecule has 0 amide bonds. The number of rotatable bonds is 4. The van der Waals surface area contributed by atoms with Crippen molar-refractivity contribution >= 4 is 33.2 Å². The van der Waals surface area contributed by atoms with Gasteiger partial charge in [-0.2, -0.15) is 0 Å². The van der Waals surface area contributed by atoms with Crippen LogP contribution in [-0.4, -0.2) is 0 Å². The average molecular weight is 675 g/mol. The second kappa shape index (κ2) is 11.2. The third kappa shape index (κ3) is 4.13. The van der Waals surface area contributed by atoms with Crippen molar-refractivity contribution in [3.63, 3.8) is 0 Å². The van der Waals surface area contributed by atoms with Crippen LogP contribution in [-0.2, 0) is 10.8 Å². The minimum Gasteiger partial charge on any atom is -0.135 e. The Morgan fingerprint density at radius 1 is 0.460 bits per heavy atom. The zero-order valence-electron chi connectivity index (χ0n) is 28.0. The number of fused-ring (bicyclic) bond motifs is 7. The number of thiophene rings is 1. The van der Waals surface area contributed by atoms with Crippen molar-refractivity contribution in [2.24, 2.45) is 0 Å². The Morgan fingerprint density at radius 3 is 1.82 bits per heavy atom. The first-order valence-electron chi connectivity index (χ1n) is 17.4. The van der Waals surface area contributed by atoms with E-state index in [4.69, 9.17) is 0 Å². The standard InChI is InChI=1S/C48H34S2/c1-47(2)38-28-29-39-46(50-42-25-15-13-23-37(42)48(39,33-18-8-4-9-19-33)34-20-10-5-11-21-34)44(38)35-27-26-32(30-40(35)47)45-43(31-16-6-3-7-17-31)36-22-12-14-24-41(36)49-45/h3-30H,1-2H3. The van der Waals surface area contributed by atoms with Crippen molar-refractivity contribution in [2.45, 2.75) is 34.5 Å². The largest absolute Gasteiger partial charge is 0.135 e. The molecule has 0 atom stereocenters. The zero-order chi connectivity index (χ0) is 33.5. The quantitative estimate of drug-likeness (QED) is 0.179. The summed E-state index contributed by atoms with van der Waals surface area (Å²) in [5.74, 6) is 0. The van der Waals surface area contributed by atoms with Gasteiger partial charge in [0.15, 0.2) is 0 Å². The van der Waals surface area contributed by atoms with Crippen LogP contribution in [0.1, 0.15) is 47.2 Å². The summed E-state index contributed by atoms with van der Waals surface area (Å²) in [6.07, 6.45) is 0. The van der Waals surface area contributed by atoms with Crippen LogP contribution in [0.4, 0.5) is 0 Å². The van der Waals surface area contributed by atoms with Gasteiger partial charge >= 0.3 is 0 Å². The summed E-state index contributed by atoms with van der Waals surface area (Å²) >= 11 is 3.86. The fraction of sp³-hybridized carbons (Fsp3) is 0.0833. The Hall–Kier alpha value is -5.15. The fourth-order valence-corrected chi connectivity index (χ4v) is 11.3. The highest BCUT2D eigenvalue weighted by atomic mass is 32.2. The molecular weight excluding hydrogens is 641 g/mol. The molecule has 0 bridgehead atoms. The monoisotopic (exact) mass is 674 g/mol. The third-order valence-electron chi connectivity index (χ3n) is 11.0. The van der Waals surface area contributed by atoms with E-state index >= 15 is 0 Å². The van der Waals surface area contributed by atoms with Gasteiger partial charge in [-0.15, -0.1) is 11.3 Å². The average Bonchev–Trinajstić information content (AvgIpc) is 3.67. The van der Waals surface area contributed by atoms with E-state index in [9.17, 15) is 0 Å². The van der Waals surface area contributed by atoms with Crippen LogP contribution in [0.3, 0.4) is 0 Å². The highest BCUT2D eigenvalue weighted by molar-refractivity contribution is 7.99. The Bertz CT molecular complexity index is 2540. The van der Waals surface area contributed by atoms with Crippen molar-refractivity contribution in [3.8, 4) is 32.7 Å². The van der Waals surface area contributed by atoms with Crippen molar-refractivity contribution in [1.82, 2.24) is 0 Å². The lowest BCUT2D eigenvalue weighted by Crippen LogP contribution is -2.34. The molecule has 0 saturated heterocycles. The van der Waals surface area contributed by atoms with Gasteiger partial charge < -0.3 is 0 Å². The second-order valence-electron chi connectivity index (χ2n) is 14.0. The van der Waals surface area contributed by atoms with Gasteiger partial charge in [0.25, 0.3) is 0 Å². The summed E-state index contributed by atoms with van der Waals surface area (Å²) in [6, 6.07) is 63.3. The van der Waals surface area contributed by atoms with E-state index in [1.807, 2.05) is 23.1 Å². The van der Waals surface area contributed by atoms with Crippen LogP contribution in [0, 0.1) is 0 Å². The van der Waals surface area contributed by atoms with Gasteiger partial charge in [-0.3, -0.25) is 0 Å². The summed E-state index contributed by atoms with van der Waals surface area (Å²) < 4.78 is 1.33. The normalized spacial score (nSPS) is 14.8. The maximum atomic E-state index is 2.50. The van der Waals surface area contributed by atoms with Gasteiger partial charge in [-0.1, -0.05) is 177 Å². The molecule has 0 unspecified atom stereocenters. The Kier molecular flexibility index (Phi) is 6.65. The molecule has 50 heavy (non-hydrogen) atoms. The molecule has 238 valence electrons. The lowest BCUT2D eigenvalue weighted by molar-refractivity contribution is 0.655.